The molecule has 0 unspecified atom stereocenters. The van der Waals surface area contributed by atoms with E-state index in [0.717, 1.165) is 22.6 Å². The zero-order valence-electron chi connectivity index (χ0n) is 13.8. The molecule has 0 spiro atoms. The van der Waals surface area contributed by atoms with Gasteiger partial charge in [-0.2, -0.15) is 0 Å². The highest BCUT2D eigenvalue weighted by molar-refractivity contribution is 5.96. The van der Waals surface area contributed by atoms with Crippen molar-refractivity contribution in [2.45, 2.75) is 26.7 Å². The fraction of sp³-hybridized carbons (Fsp3) is 0.294. The van der Waals surface area contributed by atoms with Gasteiger partial charge in [0.05, 0.1) is 11.4 Å². The Morgan fingerprint density at radius 3 is 2.79 bits per heavy atom. The highest BCUT2D eigenvalue weighted by Crippen LogP contribution is 2.20. The van der Waals surface area contributed by atoms with E-state index in [-0.39, 0.29) is 5.69 Å². The second-order valence-corrected chi connectivity index (χ2v) is 5.32. The lowest BCUT2D eigenvalue weighted by Crippen LogP contribution is -2.18. The molecule has 2 aromatic rings. The monoisotopic (exact) mass is 327 g/mol. The molecular weight excluding hydrogens is 306 g/mol. The molecule has 0 saturated carbocycles. The van der Waals surface area contributed by atoms with Gasteiger partial charge in [-0.15, -0.1) is 0 Å². The second-order valence-electron chi connectivity index (χ2n) is 5.32. The number of nitrogens with two attached hydrogens (primary N) is 1. The van der Waals surface area contributed by atoms with E-state index in [4.69, 9.17) is 5.73 Å². The molecule has 0 aliphatic heterocycles. The number of amides is 2. The van der Waals surface area contributed by atoms with Crippen molar-refractivity contribution in [3.63, 3.8) is 0 Å². The highest BCUT2D eigenvalue weighted by atomic mass is 16.1. The number of nitrogens with one attached hydrogen (secondary N) is 2. The van der Waals surface area contributed by atoms with Crippen LogP contribution in [0.1, 0.15) is 34.4 Å². The molecular formula is C17H21N5O2. The van der Waals surface area contributed by atoms with Crippen LogP contribution < -0.4 is 16.4 Å². The molecule has 24 heavy (non-hydrogen) atoms. The van der Waals surface area contributed by atoms with Crippen LogP contribution in [-0.2, 0) is 17.6 Å². The summed E-state index contributed by atoms with van der Waals surface area (Å²) in [5, 5.41) is 5.74. The van der Waals surface area contributed by atoms with Crippen LogP contribution in [0.2, 0.25) is 0 Å². The van der Waals surface area contributed by atoms with Crippen LogP contribution in [-0.4, -0.2) is 28.8 Å². The SMILES string of the molecule is CCc1nc(C(N)=O)c(Nc2cccc(CCNC=O)c2)nc1C. The second kappa shape index (κ2) is 8.05. The molecule has 0 aliphatic carbocycles. The Kier molecular flexibility index (Phi) is 5.83. The number of anilines is 2. The van der Waals surface area contributed by atoms with Gasteiger partial charge in [0.25, 0.3) is 5.91 Å². The quantitative estimate of drug-likeness (QED) is 0.502. The van der Waals surface area contributed by atoms with Crippen molar-refractivity contribution in [2.75, 3.05) is 11.9 Å². The number of hydrogen-bond acceptors (Lipinski definition) is 5. The molecule has 1 heterocycles. The molecule has 7 heteroatoms. The Morgan fingerprint density at radius 2 is 2.12 bits per heavy atom. The Labute approximate surface area is 140 Å². The lowest BCUT2D eigenvalue weighted by atomic mass is 10.1. The molecule has 126 valence electrons. The lowest BCUT2D eigenvalue weighted by molar-refractivity contribution is -0.109. The maximum Gasteiger partial charge on any atom is 0.271 e. The zero-order valence-corrected chi connectivity index (χ0v) is 13.8. The first-order chi connectivity index (χ1) is 11.5. The molecule has 2 amide bonds. The van der Waals surface area contributed by atoms with Gasteiger partial charge in [0.15, 0.2) is 11.5 Å². The number of nitrogens with zero attached hydrogens (tertiary/aromatic N) is 2. The first-order valence-electron chi connectivity index (χ1n) is 7.75. The van der Waals surface area contributed by atoms with Gasteiger partial charge in [-0.3, -0.25) is 9.59 Å². The first kappa shape index (κ1) is 17.4. The van der Waals surface area contributed by atoms with Crippen molar-refractivity contribution in [2.24, 2.45) is 5.73 Å². The van der Waals surface area contributed by atoms with E-state index in [1.807, 2.05) is 38.1 Å². The number of carbonyl (C=O) groups excluding carboxylic acids is 2. The van der Waals surface area contributed by atoms with Crippen molar-refractivity contribution < 1.29 is 9.59 Å². The number of rotatable bonds is 8. The highest BCUT2D eigenvalue weighted by Gasteiger charge is 2.15. The minimum atomic E-state index is -0.619. The Hall–Kier alpha value is -2.96. The van der Waals surface area contributed by atoms with E-state index in [1.165, 1.54) is 0 Å². The fourth-order valence-electron chi connectivity index (χ4n) is 2.36. The van der Waals surface area contributed by atoms with Crippen LogP contribution in [0.4, 0.5) is 11.5 Å². The van der Waals surface area contributed by atoms with Crippen LogP contribution >= 0.6 is 0 Å². The first-order valence-corrected chi connectivity index (χ1v) is 7.75. The van der Waals surface area contributed by atoms with Gasteiger partial charge in [-0.1, -0.05) is 19.1 Å². The molecule has 1 aromatic carbocycles. The largest absolute Gasteiger partial charge is 0.364 e. The van der Waals surface area contributed by atoms with Crippen molar-refractivity contribution in [1.29, 1.82) is 0 Å². The van der Waals surface area contributed by atoms with E-state index in [1.54, 1.807) is 0 Å². The van der Waals surface area contributed by atoms with Gasteiger partial charge in [0, 0.05) is 12.2 Å². The summed E-state index contributed by atoms with van der Waals surface area (Å²) in [7, 11) is 0. The minimum absolute atomic E-state index is 0.130. The molecule has 0 radical (unpaired) electrons. The van der Waals surface area contributed by atoms with E-state index in [9.17, 15) is 9.59 Å². The fourth-order valence-corrected chi connectivity index (χ4v) is 2.36. The van der Waals surface area contributed by atoms with Crippen molar-refractivity contribution in [3.8, 4) is 0 Å². The van der Waals surface area contributed by atoms with Gasteiger partial charge in [-0.05, 0) is 37.5 Å². The predicted octanol–water partition coefficient (Wildman–Crippen LogP) is 1.48. The van der Waals surface area contributed by atoms with Crippen LogP contribution in [0, 0.1) is 6.92 Å². The molecule has 0 atom stereocenters. The average Bonchev–Trinajstić information content (AvgIpc) is 2.55. The summed E-state index contributed by atoms with van der Waals surface area (Å²) >= 11 is 0. The third kappa shape index (κ3) is 4.28. The third-order valence-corrected chi connectivity index (χ3v) is 3.57. The van der Waals surface area contributed by atoms with Gasteiger partial charge in [0.2, 0.25) is 6.41 Å². The van der Waals surface area contributed by atoms with Crippen LogP contribution in [0.5, 0.6) is 0 Å². The van der Waals surface area contributed by atoms with Crippen LogP contribution in [0.3, 0.4) is 0 Å². The van der Waals surface area contributed by atoms with Crippen molar-refractivity contribution in [1.82, 2.24) is 15.3 Å². The molecule has 0 aliphatic rings. The summed E-state index contributed by atoms with van der Waals surface area (Å²) in [5.74, 6) is -0.272. The number of aryl methyl sites for hydroxylation is 2. The standard InChI is InChI=1S/C17H21N5O2/c1-3-14-11(2)20-17(15(22-14)16(18)24)21-13-6-4-5-12(9-13)7-8-19-10-23/h4-6,9-10H,3,7-8H2,1-2H3,(H2,18,24)(H,19,23)(H,20,21). The summed E-state index contributed by atoms with van der Waals surface area (Å²) in [6.07, 6.45) is 2.06. The van der Waals surface area contributed by atoms with Crippen molar-refractivity contribution in [3.05, 3.63) is 46.9 Å². The zero-order chi connectivity index (χ0) is 17.5. The summed E-state index contributed by atoms with van der Waals surface area (Å²) in [5.41, 5.74) is 8.90. The Balaban J connectivity index is 2.27. The maximum absolute atomic E-state index is 11.7. The van der Waals surface area contributed by atoms with E-state index >= 15 is 0 Å². The van der Waals surface area contributed by atoms with E-state index in [0.29, 0.717) is 31.6 Å². The molecule has 4 N–H and O–H groups in total. The van der Waals surface area contributed by atoms with Gasteiger partial charge < -0.3 is 16.4 Å². The molecule has 7 nitrogen and oxygen atoms in total. The summed E-state index contributed by atoms with van der Waals surface area (Å²) in [6, 6.07) is 7.65. The molecule has 0 bridgehead atoms. The number of benzene rings is 1. The number of carbonyl (C=O) groups is 2. The topological polar surface area (TPSA) is 110 Å². The van der Waals surface area contributed by atoms with Gasteiger partial charge in [0.1, 0.15) is 0 Å². The number of hydrogen-bond donors (Lipinski definition) is 3. The van der Waals surface area contributed by atoms with E-state index < -0.39 is 5.91 Å². The Morgan fingerprint density at radius 1 is 1.33 bits per heavy atom. The smallest absolute Gasteiger partial charge is 0.271 e. The minimum Gasteiger partial charge on any atom is -0.364 e. The summed E-state index contributed by atoms with van der Waals surface area (Å²) < 4.78 is 0. The summed E-state index contributed by atoms with van der Waals surface area (Å²) in [6.45, 7) is 4.36. The molecule has 0 fully saturated rings. The van der Waals surface area contributed by atoms with Crippen LogP contribution in [0.25, 0.3) is 0 Å². The van der Waals surface area contributed by atoms with Crippen molar-refractivity contribution >= 4 is 23.8 Å². The van der Waals surface area contributed by atoms with Crippen LogP contribution in [0.15, 0.2) is 24.3 Å². The molecule has 0 saturated heterocycles. The summed E-state index contributed by atoms with van der Waals surface area (Å²) in [4.78, 5) is 30.7. The lowest BCUT2D eigenvalue weighted by Gasteiger charge is -2.12. The van der Waals surface area contributed by atoms with E-state index in [2.05, 4.69) is 20.6 Å². The van der Waals surface area contributed by atoms with Gasteiger partial charge >= 0.3 is 0 Å². The number of primary amides is 1. The Bertz CT molecular complexity index is 746. The molecule has 2 rings (SSSR count). The normalized spacial score (nSPS) is 10.2. The number of aromatic nitrogens is 2. The van der Waals surface area contributed by atoms with Gasteiger partial charge in [-0.25, -0.2) is 9.97 Å². The molecule has 1 aromatic heterocycles. The predicted molar refractivity (Wildman–Crippen MR) is 92.2 cm³/mol. The third-order valence-electron chi connectivity index (χ3n) is 3.57. The maximum atomic E-state index is 11.7. The average molecular weight is 327 g/mol.